The van der Waals surface area contributed by atoms with E-state index in [0.29, 0.717) is 11.3 Å². The van der Waals surface area contributed by atoms with Crippen LogP contribution in [0.15, 0.2) is 30.5 Å². The average molecular weight is 425 g/mol. The number of aryl methyl sites for hydroxylation is 2. The molecule has 1 aromatic carbocycles. The van der Waals surface area contributed by atoms with E-state index < -0.39 is 17.7 Å². The van der Waals surface area contributed by atoms with E-state index in [-0.39, 0.29) is 5.41 Å². The Morgan fingerprint density at radius 2 is 1.84 bits per heavy atom. The molecule has 1 saturated heterocycles. The quantitative estimate of drug-likeness (QED) is 0.644. The van der Waals surface area contributed by atoms with Crippen LogP contribution < -0.4 is 4.90 Å². The Kier molecular flexibility index (Phi) is 6.47. The Balaban J connectivity index is 2.23. The summed E-state index contributed by atoms with van der Waals surface area (Å²) in [6, 6.07) is 8.31. The topological polar surface area (TPSA) is 62.7 Å². The van der Waals surface area contributed by atoms with Crippen LogP contribution in [-0.2, 0) is 9.53 Å². The number of carboxylic acids is 1. The van der Waals surface area contributed by atoms with E-state index in [0.717, 1.165) is 48.3 Å². The van der Waals surface area contributed by atoms with Crippen LogP contribution in [0.25, 0.3) is 11.1 Å². The predicted octanol–water partition coefficient (Wildman–Crippen LogP) is 5.93. The number of anilines is 1. The summed E-state index contributed by atoms with van der Waals surface area (Å²) in [7, 11) is 0. The van der Waals surface area contributed by atoms with Crippen molar-refractivity contribution in [3.63, 3.8) is 0 Å². The van der Waals surface area contributed by atoms with Gasteiger partial charge < -0.3 is 14.7 Å². The fourth-order valence-corrected chi connectivity index (χ4v) is 4.21. The summed E-state index contributed by atoms with van der Waals surface area (Å²) in [6.07, 6.45) is 2.92. The molecular weight excluding hydrogens is 388 g/mol. The van der Waals surface area contributed by atoms with Gasteiger partial charge >= 0.3 is 5.97 Å². The summed E-state index contributed by atoms with van der Waals surface area (Å²) in [6.45, 7) is 16.0. The minimum atomic E-state index is -1.08. The van der Waals surface area contributed by atoms with E-state index >= 15 is 0 Å². The standard InChI is InChI=1S/C26H36N2O3/c1-17-9-8-10-19(15-17)20-16-27-18(2)21(23(24(29)30)31-25(3,4)5)22(20)28-13-11-26(6,7)12-14-28/h8-10,15-16,23H,11-14H2,1-7H3,(H,29,30)/t23-/m0/s1. The summed E-state index contributed by atoms with van der Waals surface area (Å²) >= 11 is 0. The molecule has 1 N–H and O–H groups in total. The number of rotatable bonds is 5. The summed E-state index contributed by atoms with van der Waals surface area (Å²) in [5, 5.41) is 10.2. The first kappa shape index (κ1) is 23.3. The zero-order chi connectivity index (χ0) is 23.0. The average Bonchev–Trinajstić information content (AvgIpc) is 2.65. The van der Waals surface area contributed by atoms with Crippen LogP contribution in [0.2, 0.25) is 0 Å². The lowest BCUT2D eigenvalue weighted by Gasteiger charge is -2.41. The molecule has 2 heterocycles. The number of piperidine rings is 1. The molecule has 1 aromatic heterocycles. The normalized spacial score (nSPS) is 17.5. The van der Waals surface area contributed by atoms with Crippen LogP contribution in [0.1, 0.15) is 70.4 Å². The lowest BCUT2D eigenvalue weighted by Crippen LogP contribution is -2.39. The highest BCUT2D eigenvalue weighted by Crippen LogP contribution is 2.43. The van der Waals surface area contributed by atoms with Gasteiger partial charge in [-0.25, -0.2) is 4.79 Å². The van der Waals surface area contributed by atoms with Crippen molar-refractivity contribution in [3.05, 3.63) is 47.3 Å². The van der Waals surface area contributed by atoms with E-state index in [1.807, 2.05) is 40.0 Å². The maximum absolute atomic E-state index is 12.4. The van der Waals surface area contributed by atoms with Gasteiger partial charge in [0.1, 0.15) is 0 Å². The number of nitrogens with zero attached hydrogens (tertiary/aromatic N) is 2. The molecule has 1 atom stereocenters. The number of aliphatic carboxylic acids is 1. The molecule has 1 fully saturated rings. The van der Waals surface area contributed by atoms with Gasteiger partial charge in [-0.1, -0.05) is 43.7 Å². The smallest absolute Gasteiger partial charge is 0.337 e. The van der Waals surface area contributed by atoms with Crippen LogP contribution in [0.5, 0.6) is 0 Å². The highest BCUT2D eigenvalue weighted by atomic mass is 16.5. The van der Waals surface area contributed by atoms with Crippen molar-refractivity contribution in [1.29, 1.82) is 0 Å². The third kappa shape index (κ3) is 5.45. The first-order valence-electron chi connectivity index (χ1n) is 11.1. The summed E-state index contributed by atoms with van der Waals surface area (Å²) in [5.41, 5.74) is 5.18. The molecule has 0 bridgehead atoms. The van der Waals surface area contributed by atoms with Gasteiger partial charge in [0.15, 0.2) is 6.10 Å². The summed E-state index contributed by atoms with van der Waals surface area (Å²) in [5.74, 6) is -0.986. The predicted molar refractivity (Wildman–Crippen MR) is 126 cm³/mol. The van der Waals surface area contributed by atoms with Crippen molar-refractivity contribution in [3.8, 4) is 11.1 Å². The summed E-state index contributed by atoms with van der Waals surface area (Å²) in [4.78, 5) is 19.4. The fraction of sp³-hybridized carbons (Fsp3) is 0.538. The molecule has 0 radical (unpaired) electrons. The molecule has 5 nitrogen and oxygen atoms in total. The first-order chi connectivity index (χ1) is 14.4. The fourth-order valence-electron chi connectivity index (χ4n) is 4.21. The van der Waals surface area contributed by atoms with E-state index in [2.05, 4.69) is 48.9 Å². The maximum atomic E-state index is 12.4. The van der Waals surface area contributed by atoms with Gasteiger partial charge in [-0.15, -0.1) is 0 Å². The first-order valence-corrected chi connectivity index (χ1v) is 11.1. The molecule has 31 heavy (non-hydrogen) atoms. The highest BCUT2D eigenvalue weighted by Gasteiger charge is 2.35. The van der Waals surface area contributed by atoms with Crippen molar-refractivity contribution >= 4 is 11.7 Å². The van der Waals surface area contributed by atoms with Crippen LogP contribution in [0.4, 0.5) is 5.69 Å². The van der Waals surface area contributed by atoms with Crippen LogP contribution in [-0.4, -0.2) is 34.8 Å². The zero-order valence-corrected chi connectivity index (χ0v) is 20.0. The minimum absolute atomic E-state index is 0.288. The Bertz CT molecular complexity index is 950. The van der Waals surface area contributed by atoms with Crippen molar-refractivity contribution in [2.75, 3.05) is 18.0 Å². The van der Waals surface area contributed by atoms with Gasteiger partial charge in [-0.05, 0) is 58.4 Å². The van der Waals surface area contributed by atoms with Gasteiger partial charge in [0.25, 0.3) is 0 Å². The van der Waals surface area contributed by atoms with E-state index in [4.69, 9.17) is 4.74 Å². The molecule has 1 aliphatic heterocycles. The molecule has 2 aromatic rings. The molecule has 0 aliphatic carbocycles. The molecule has 168 valence electrons. The van der Waals surface area contributed by atoms with E-state index in [9.17, 15) is 9.90 Å². The second-order valence-corrected chi connectivity index (χ2v) is 10.5. The minimum Gasteiger partial charge on any atom is -0.479 e. The third-order valence-electron chi connectivity index (χ3n) is 6.01. The Hall–Kier alpha value is -2.40. The Labute approximate surface area is 186 Å². The van der Waals surface area contributed by atoms with Crippen LogP contribution in [0.3, 0.4) is 0 Å². The number of aromatic nitrogens is 1. The number of carboxylic acid groups (broad SMARTS) is 1. The molecule has 0 saturated carbocycles. The van der Waals surface area contributed by atoms with E-state index in [1.165, 1.54) is 0 Å². The third-order valence-corrected chi connectivity index (χ3v) is 6.01. The lowest BCUT2D eigenvalue weighted by atomic mass is 9.82. The molecule has 3 rings (SSSR count). The zero-order valence-electron chi connectivity index (χ0n) is 20.0. The Morgan fingerprint density at radius 3 is 2.39 bits per heavy atom. The molecule has 5 heteroatoms. The molecular formula is C26H36N2O3. The maximum Gasteiger partial charge on any atom is 0.337 e. The number of carbonyl (C=O) groups is 1. The van der Waals surface area contributed by atoms with Gasteiger partial charge in [-0.3, -0.25) is 4.98 Å². The molecule has 0 amide bonds. The van der Waals surface area contributed by atoms with Crippen molar-refractivity contribution < 1.29 is 14.6 Å². The number of hydrogen-bond donors (Lipinski definition) is 1. The second kappa shape index (κ2) is 8.62. The van der Waals surface area contributed by atoms with Crippen molar-refractivity contribution in [2.45, 2.75) is 73.0 Å². The SMILES string of the molecule is Cc1cccc(-c2cnc(C)c([C@H](OC(C)(C)C)C(=O)O)c2N2CCC(C)(C)CC2)c1. The molecule has 0 spiro atoms. The summed E-state index contributed by atoms with van der Waals surface area (Å²) < 4.78 is 6.09. The van der Waals surface area contributed by atoms with E-state index in [1.54, 1.807) is 0 Å². The van der Waals surface area contributed by atoms with Gasteiger partial charge in [0.2, 0.25) is 0 Å². The molecule has 1 aliphatic rings. The number of hydrogen-bond acceptors (Lipinski definition) is 4. The highest BCUT2D eigenvalue weighted by molar-refractivity contribution is 5.86. The van der Waals surface area contributed by atoms with Crippen molar-refractivity contribution in [2.24, 2.45) is 5.41 Å². The van der Waals surface area contributed by atoms with Crippen molar-refractivity contribution in [1.82, 2.24) is 4.98 Å². The van der Waals surface area contributed by atoms with Crippen LogP contribution in [0, 0.1) is 19.3 Å². The number of pyridine rings is 1. The lowest BCUT2D eigenvalue weighted by molar-refractivity contribution is -0.160. The number of benzene rings is 1. The number of ether oxygens (including phenoxy) is 1. The monoisotopic (exact) mass is 424 g/mol. The van der Waals surface area contributed by atoms with Gasteiger partial charge in [0, 0.05) is 36.1 Å². The van der Waals surface area contributed by atoms with Gasteiger partial charge in [0.05, 0.1) is 11.3 Å². The van der Waals surface area contributed by atoms with Gasteiger partial charge in [-0.2, -0.15) is 0 Å². The van der Waals surface area contributed by atoms with Crippen LogP contribution >= 0.6 is 0 Å². The Morgan fingerprint density at radius 1 is 1.19 bits per heavy atom. The largest absolute Gasteiger partial charge is 0.479 e. The molecule has 0 unspecified atom stereocenters. The second-order valence-electron chi connectivity index (χ2n) is 10.5.